The number of carbonyl (C=O) groups excluding carboxylic acids is 2. The number of hydrogen-bond donors (Lipinski definition) is 1. The van der Waals surface area contributed by atoms with Crippen LogP contribution >= 0.6 is 0 Å². The summed E-state index contributed by atoms with van der Waals surface area (Å²) in [7, 11) is 0. The molecule has 0 saturated carbocycles. The van der Waals surface area contributed by atoms with Gasteiger partial charge in [-0.1, -0.05) is 73.5 Å². The molecule has 6 nitrogen and oxygen atoms in total. The Morgan fingerprint density at radius 2 is 1.62 bits per heavy atom. The van der Waals surface area contributed by atoms with Crippen LogP contribution in [0.3, 0.4) is 0 Å². The number of fused-ring (bicyclic) bond motifs is 2. The van der Waals surface area contributed by atoms with Gasteiger partial charge in [-0.25, -0.2) is 0 Å². The van der Waals surface area contributed by atoms with E-state index in [0.29, 0.717) is 36.5 Å². The van der Waals surface area contributed by atoms with Gasteiger partial charge in [0.05, 0.1) is 11.6 Å². The third-order valence-corrected chi connectivity index (χ3v) is 7.57. The highest BCUT2D eigenvalue weighted by Gasteiger charge is 2.28. The van der Waals surface area contributed by atoms with Gasteiger partial charge in [0.15, 0.2) is 0 Å². The van der Waals surface area contributed by atoms with E-state index in [9.17, 15) is 9.59 Å². The minimum atomic E-state index is -0.209. The molecule has 0 unspecified atom stereocenters. The van der Waals surface area contributed by atoms with Crippen molar-refractivity contribution in [3.63, 3.8) is 0 Å². The lowest BCUT2D eigenvalue weighted by Crippen LogP contribution is -2.46. The van der Waals surface area contributed by atoms with E-state index in [1.807, 2.05) is 89.5 Å². The van der Waals surface area contributed by atoms with Crippen LogP contribution in [-0.4, -0.2) is 58.9 Å². The van der Waals surface area contributed by atoms with E-state index in [2.05, 4.69) is 17.1 Å². The third kappa shape index (κ3) is 6.33. The fourth-order valence-electron chi connectivity index (χ4n) is 5.41. The van der Waals surface area contributed by atoms with Crippen molar-refractivity contribution in [1.29, 1.82) is 0 Å². The Morgan fingerprint density at radius 1 is 0.897 bits per heavy atom. The minimum absolute atomic E-state index is 0.00391. The van der Waals surface area contributed by atoms with Crippen LogP contribution in [0.2, 0.25) is 0 Å². The first-order valence-electron chi connectivity index (χ1n) is 14.1. The molecule has 1 aromatic heterocycles. The van der Waals surface area contributed by atoms with Gasteiger partial charge in [0.1, 0.15) is 18.1 Å². The average Bonchev–Trinajstić information content (AvgIpc) is 3.41. The van der Waals surface area contributed by atoms with Crippen molar-refractivity contribution >= 4 is 22.7 Å². The van der Waals surface area contributed by atoms with E-state index in [0.717, 1.165) is 48.7 Å². The molecule has 0 aliphatic carbocycles. The van der Waals surface area contributed by atoms with Crippen LogP contribution < -0.4 is 4.74 Å². The summed E-state index contributed by atoms with van der Waals surface area (Å²) >= 11 is 0. The summed E-state index contributed by atoms with van der Waals surface area (Å²) in [5.41, 5.74) is 3.25. The summed E-state index contributed by atoms with van der Waals surface area (Å²) in [6, 6.07) is 27.4. The molecule has 39 heavy (non-hydrogen) atoms. The largest absolute Gasteiger partial charge is 0.491 e. The number of aromatic nitrogens is 1. The van der Waals surface area contributed by atoms with Crippen LogP contribution in [0.4, 0.5) is 0 Å². The van der Waals surface area contributed by atoms with Crippen molar-refractivity contribution in [3.8, 4) is 5.75 Å². The second-order valence-corrected chi connectivity index (χ2v) is 10.2. The van der Waals surface area contributed by atoms with Crippen LogP contribution in [0, 0.1) is 0 Å². The number of benzene rings is 3. The van der Waals surface area contributed by atoms with E-state index < -0.39 is 0 Å². The summed E-state index contributed by atoms with van der Waals surface area (Å²) in [5, 5.41) is 1.02. The Hall–Kier alpha value is -4.06. The molecule has 4 aromatic rings. The molecule has 1 N–H and O–H groups in total. The van der Waals surface area contributed by atoms with Crippen LogP contribution in [-0.2, 0) is 6.42 Å². The molecule has 0 spiro atoms. The molecule has 2 amide bonds. The van der Waals surface area contributed by atoms with Gasteiger partial charge < -0.3 is 19.5 Å². The molecular formula is C33H37N3O3. The lowest BCUT2D eigenvalue weighted by Gasteiger charge is -2.32. The molecule has 3 aromatic carbocycles. The maximum Gasteiger partial charge on any atom is 0.270 e. The molecule has 0 fully saturated rings. The maximum absolute atomic E-state index is 14.1. The first kappa shape index (κ1) is 26.5. The van der Waals surface area contributed by atoms with Crippen LogP contribution in [0.5, 0.6) is 5.75 Å². The zero-order chi connectivity index (χ0) is 27.0. The fourth-order valence-corrected chi connectivity index (χ4v) is 5.41. The van der Waals surface area contributed by atoms with Gasteiger partial charge >= 0.3 is 0 Å². The Morgan fingerprint density at radius 3 is 2.41 bits per heavy atom. The lowest BCUT2D eigenvalue weighted by molar-refractivity contribution is 0.0593. The highest BCUT2D eigenvalue weighted by atomic mass is 16.5. The number of aromatic amines is 1. The number of rotatable bonds is 4. The fraction of sp³-hybridized carbons (Fsp3) is 0.333. The number of para-hydroxylation sites is 2. The normalized spacial score (nSPS) is 17.4. The number of nitrogens with zero attached hydrogens (tertiary/aromatic N) is 2. The summed E-state index contributed by atoms with van der Waals surface area (Å²) in [5.74, 6) is 0.536. The van der Waals surface area contributed by atoms with Gasteiger partial charge in [-0.05, 0) is 56.0 Å². The van der Waals surface area contributed by atoms with Gasteiger partial charge in [0.2, 0.25) is 0 Å². The molecule has 0 radical (unpaired) electrons. The van der Waals surface area contributed by atoms with Crippen LogP contribution in [0.1, 0.15) is 59.0 Å². The third-order valence-electron chi connectivity index (χ3n) is 7.57. The summed E-state index contributed by atoms with van der Waals surface area (Å²) in [6.07, 6.45) is 4.50. The second-order valence-electron chi connectivity index (χ2n) is 10.2. The van der Waals surface area contributed by atoms with Crippen molar-refractivity contribution in [3.05, 3.63) is 102 Å². The maximum atomic E-state index is 14.1. The summed E-state index contributed by atoms with van der Waals surface area (Å²) in [6.45, 7) is 4.34. The van der Waals surface area contributed by atoms with Gasteiger partial charge in [0.25, 0.3) is 11.8 Å². The standard InChI is InChI=1S/C33H37N3O3/c1-2-35-20-12-3-4-13-21-36(33(38)30-23-26-16-8-10-18-29(26)34-30)27(22-25-14-6-5-7-15-25)24-39-31-19-11-9-17-28(31)32(35)37/h5-11,14-19,23,27,34H,2-4,12-13,20-22,24H2,1H3/t27-/m0/s1. The van der Waals surface area contributed by atoms with E-state index in [1.54, 1.807) is 0 Å². The predicted molar refractivity (Wildman–Crippen MR) is 155 cm³/mol. The molecule has 6 heteroatoms. The minimum Gasteiger partial charge on any atom is -0.491 e. The quantitative estimate of drug-likeness (QED) is 0.340. The second kappa shape index (κ2) is 12.7. The first-order valence-corrected chi connectivity index (χ1v) is 14.1. The van der Waals surface area contributed by atoms with Crippen LogP contribution in [0.25, 0.3) is 10.9 Å². The van der Waals surface area contributed by atoms with Crippen molar-refractivity contribution < 1.29 is 14.3 Å². The van der Waals surface area contributed by atoms with E-state index in [1.165, 1.54) is 0 Å². The molecule has 1 atom stereocenters. The Kier molecular flexibility index (Phi) is 8.61. The van der Waals surface area contributed by atoms with E-state index in [-0.39, 0.29) is 24.5 Å². The van der Waals surface area contributed by atoms with Gasteiger partial charge in [-0.2, -0.15) is 0 Å². The number of H-pyrrole nitrogens is 1. The Balaban J connectivity index is 1.50. The number of carbonyl (C=O) groups is 2. The number of hydrogen-bond acceptors (Lipinski definition) is 3. The topological polar surface area (TPSA) is 65.6 Å². The van der Waals surface area contributed by atoms with Crippen LogP contribution in [0.15, 0.2) is 84.9 Å². The number of nitrogens with one attached hydrogen (secondary N) is 1. The predicted octanol–water partition coefficient (Wildman–Crippen LogP) is 6.34. The zero-order valence-electron chi connectivity index (χ0n) is 22.6. The zero-order valence-corrected chi connectivity index (χ0v) is 22.6. The summed E-state index contributed by atoms with van der Waals surface area (Å²) < 4.78 is 6.40. The van der Waals surface area contributed by atoms with E-state index in [4.69, 9.17) is 4.74 Å². The molecule has 2 heterocycles. The molecule has 1 aliphatic rings. The number of ether oxygens (including phenoxy) is 1. The van der Waals surface area contributed by atoms with Gasteiger partial charge in [-0.3, -0.25) is 9.59 Å². The Bertz CT molecular complexity index is 1360. The molecule has 202 valence electrons. The van der Waals surface area contributed by atoms with Gasteiger partial charge in [0, 0.05) is 30.5 Å². The highest BCUT2D eigenvalue weighted by molar-refractivity contribution is 5.98. The van der Waals surface area contributed by atoms with Crippen molar-refractivity contribution in [2.75, 3.05) is 26.2 Å². The molecule has 0 bridgehead atoms. The molecular weight excluding hydrogens is 486 g/mol. The monoisotopic (exact) mass is 523 g/mol. The first-order chi connectivity index (χ1) is 19.1. The Labute approximate surface area is 230 Å². The van der Waals surface area contributed by atoms with Crippen molar-refractivity contribution in [2.45, 2.75) is 45.1 Å². The highest BCUT2D eigenvalue weighted by Crippen LogP contribution is 2.24. The summed E-state index contributed by atoms with van der Waals surface area (Å²) in [4.78, 5) is 34.7. The van der Waals surface area contributed by atoms with E-state index >= 15 is 0 Å². The number of amides is 2. The molecule has 1 aliphatic heterocycles. The smallest absolute Gasteiger partial charge is 0.270 e. The van der Waals surface area contributed by atoms with Gasteiger partial charge in [-0.15, -0.1) is 0 Å². The lowest BCUT2D eigenvalue weighted by atomic mass is 10.0. The SMILES string of the molecule is CCN1CCCCCCN(C(=O)c2cc3ccccc3[nH]2)[C@@H](Cc2ccccc2)COc2ccccc2C1=O. The molecule has 0 saturated heterocycles. The van der Waals surface area contributed by atoms with Crippen molar-refractivity contribution in [1.82, 2.24) is 14.8 Å². The van der Waals surface area contributed by atoms with Crippen molar-refractivity contribution in [2.24, 2.45) is 0 Å². The average molecular weight is 524 g/mol. The molecule has 5 rings (SSSR count).